The zero-order valence-electron chi connectivity index (χ0n) is 18.9. The molecular formula is C23H26N6O4S. The lowest BCUT2D eigenvalue weighted by Crippen LogP contribution is -2.36. The minimum atomic E-state index is -3.41. The molecule has 0 aliphatic carbocycles. The van der Waals surface area contributed by atoms with Gasteiger partial charge in [-0.05, 0) is 48.5 Å². The van der Waals surface area contributed by atoms with Crippen molar-refractivity contribution in [3.05, 3.63) is 66.5 Å². The van der Waals surface area contributed by atoms with Crippen LogP contribution in [0, 0.1) is 0 Å². The summed E-state index contributed by atoms with van der Waals surface area (Å²) in [6.07, 6.45) is 4.35. The van der Waals surface area contributed by atoms with Crippen molar-refractivity contribution >= 4 is 44.6 Å². The Kier molecular flexibility index (Phi) is 6.94. The minimum absolute atomic E-state index is 0.250. The molecule has 2 aromatic carbocycles. The van der Waals surface area contributed by atoms with Gasteiger partial charge in [0.05, 0.1) is 30.7 Å². The standard InChI is InChI=1S/C23H26N6O4S/c1-24-22(30)20-9-8-19(28-12-14-33-15-13-28)16-21(20)29(23-25-10-3-11-26-23)18-6-4-17(5-7-18)27-34(2,31)32/h3-11,16,27H,12-15H2,1-2H3,(H,24,30). The third kappa shape index (κ3) is 5.43. The highest BCUT2D eigenvalue weighted by molar-refractivity contribution is 7.92. The molecule has 0 saturated carbocycles. The topological polar surface area (TPSA) is 117 Å². The lowest BCUT2D eigenvalue weighted by molar-refractivity contribution is 0.0963. The summed E-state index contributed by atoms with van der Waals surface area (Å²) in [5, 5.41) is 2.70. The largest absolute Gasteiger partial charge is 0.378 e. The van der Waals surface area contributed by atoms with Gasteiger partial charge < -0.3 is 15.0 Å². The number of aromatic nitrogens is 2. The van der Waals surface area contributed by atoms with Crippen LogP contribution < -0.4 is 19.8 Å². The molecule has 0 bridgehead atoms. The fourth-order valence-corrected chi connectivity index (χ4v) is 4.28. The van der Waals surface area contributed by atoms with E-state index in [1.807, 2.05) is 12.1 Å². The molecule has 4 rings (SSSR count). The average Bonchev–Trinajstić information content (AvgIpc) is 2.85. The van der Waals surface area contributed by atoms with Gasteiger partial charge in [-0.15, -0.1) is 0 Å². The van der Waals surface area contributed by atoms with Gasteiger partial charge in [-0.2, -0.15) is 0 Å². The molecule has 1 aliphatic rings. The number of nitrogens with one attached hydrogen (secondary N) is 2. The predicted octanol–water partition coefficient (Wildman–Crippen LogP) is 2.51. The van der Waals surface area contributed by atoms with Crippen LogP contribution in [0.1, 0.15) is 10.4 Å². The van der Waals surface area contributed by atoms with E-state index < -0.39 is 10.0 Å². The molecule has 0 spiro atoms. The molecule has 11 heteroatoms. The zero-order valence-corrected chi connectivity index (χ0v) is 19.7. The number of ether oxygens (including phenoxy) is 1. The van der Waals surface area contributed by atoms with E-state index in [0.717, 1.165) is 25.0 Å². The van der Waals surface area contributed by atoms with Crippen LogP contribution in [0.3, 0.4) is 0 Å². The van der Waals surface area contributed by atoms with Crippen molar-refractivity contribution in [2.75, 3.05) is 54.1 Å². The number of carbonyl (C=O) groups is 1. The first-order valence-corrected chi connectivity index (χ1v) is 12.6. The van der Waals surface area contributed by atoms with Crippen LogP contribution >= 0.6 is 0 Å². The Hall–Kier alpha value is -3.70. The molecule has 1 aliphatic heterocycles. The van der Waals surface area contributed by atoms with Gasteiger partial charge in [0.15, 0.2) is 0 Å². The van der Waals surface area contributed by atoms with Crippen molar-refractivity contribution in [2.24, 2.45) is 0 Å². The molecule has 1 aromatic heterocycles. The van der Waals surface area contributed by atoms with E-state index in [1.165, 1.54) is 0 Å². The number of benzene rings is 2. The summed E-state index contributed by atoms with van der Waals surface area (Å²) in [4.78, 5) is 25.6. The maximum absolute atomic E-state index is 12.8. The molecule has 1 saturated heterocycles. The first-order chi connectivity index (χ1) is 16.4. The number of rotatable bonds is 7. The van der Waals surface area contributed by atoms with Crippen molar-refractivity contribution in [1.82, 2.24) is 15.3 Å². The molecule has 0 unspecified atom stereocenters. The Labute approximate surface area is 198 Å². The van der Waals surface area contributed by atoms with Gasteiger partial charge in [-0.1, -0.05) is 0 Å². The third-order valence-electron chi connectivity index (χ3n) is 5.25. The summed E-state index contributed by atoms with van der Waals surface area (Å²) in [6.45, 7) is 2.75. The Balaban J connectivity index is 1.84. The Morgan fingerprint density at radius 2 is 1.74 bits per heavy atom. The maximum Gasteiger partial charge on any atom is 0.253 e. The van der Waals surface area contributed by atoms with Crippen LogP contribution in [-0.2, 0) is 14.8 Å². The van der Waals surface area contributed by atoms with Gasteiger partial charge in [0, 0.05) is 49.6 Å². The van der Waals surface area contributed by atoms with Crippen molar-refractivity contribution in [1.29, 1.82) is 0 Å². The number of sulfonamides is 1. The number of anilines is 5. The summed E-state index contributed by atoms with van der Waals surface area (Å²) in [7, 11) is -1.83. The summed E-state index contributed by atoms with van der Waals surface area (Å²) in [6, 6.07) is 14.2. The second kappa shape index (κ2) is 10.1. The second-order valence-corrected chi connectivity index (χ2v) is 9.43. The number of carbonyl (C=O) groups excluding carboxylic acids is 1. The Morgan fingerprint density at radius 1 is 1.06 bits per heavy atom. The van der Waals surface area contributed by atoms with Crippen LogP contribution in [0.2, 0.25) is 0 Å². The lowest BCUT2D eigenvalue weighted by Gasteiger charge is -2.31. The fraction of sp³-hybridized carbons (Fsp3) is 0.261. The number of nitrogens with zero attached hydrogens (tertiary/aromatic N) is 4. The second-order valence-electron chi connectivity index (χ2n) is 7.69. The smallest absolute Gasteiger partial charge is 0.253 e. The van der Waals surface area contributed by atoms with E-state index in [9.17, 15) is 13.2 Å². The van der Waals surface area contributed by atoms with Crippen LogP contribution in [0.5, 0.6) is 0 Å². The average molecular weight is 483 g/mol. The van der Waals surface area contributed by atoms with Crippen LogP contribution in [0.4, 0.5) is 28.7 Å². The van der Waals surface area contributed by atoms with Gasteiger partial charge in [0.1, 0.15) is 0 Å². The molecule has 34 heavy (non-hydrogen) atoms. The van der Waals surface area contributed by atoms with E-state index in [2.05, 4.69) is 24.9 Å². The normalized spacial score (nSPS) is 13.9. The van der Waals surface area contributed by atoms with E-state index in [1.54, 1.807) is 60.7 Å². The highest BCUT2D eigenvalue weighted by Crippen LogP contribution is 2.37. The molecule has 1 amide bonds. The number of amides is 1. The first kappa shape index (κ1) is 23.5. The van der Waals surface area contributed by atoms with Gasteiger partial charge >= 0.3 is 0 Å². The molecular weight excluding hydrogens is 456 g/mol. The van der Waals surface area contributed by atoms with Gasteiger partial charge in [-0.25, -0.2) is 18.4 Å². The van der Waals surface area contributed by atoms with Crippen molar-refractivity contribution in [3.8, 4) is 0 Å². The molecule has 0 radical (unpaired) electrons. The molecule has 10 nitrogen and oxygen atoms in total. The van der Waals surface area contributed by atoms with Crippen LogP contribution in [0.25, 0.3) is 0 Å². The van der Waals surface area contributed by atoms with E-state index in [-0.39, 0.29) is 5.91 Å². The number of morpholine rings is 1. The highest BCUT2D eigenvalue weighted by Gasteiger charge is 2.23. The van der Waals surface area contributed by atoms with Crippen LogP contribution in [-0.4, -0.2) is 63.9 Å². The minimum Gasteiger partial charge on any atom is -0.378 e. The SMILES string of the molecule is CNC(=O)c1ccc(N2CCOCC2)cc1N(c1ccc(NS(C)(=O)=O)cc1)c1ncccn1. The van der Waals surface area contributed by atoms with Gasteiger partial charge in [-0.3, -0.25) is 14.4 Å². The summed E-state index contributed by atoms with van der Waals surface area (Å²) in [5.74, 6) is 0.121. The van der Waals surface area contributed by atoms with Crippen LogP contribution in [0.15, 0.2) is 60.9 Å². The molecule has 1 fully saturated rings. The van der Waals surface area contributed by atoms with E-state index in [4.69, 9.17) is 4.74 Å². The molecule has 3 aromatic rings. The molecule has 2 N–H and O–H groups in total. The summed E-state index contributed by atoms with van der Waals surface area (Å²) in [5.41, 5.74) is 3.08. The highest BCUT2D eigenvalue weighted by atomic mass is 32.2. The van der Waals surface area contributed by atoms with Gasteiger partial charge in [0.25, 0.3) is 5.91 Å². The van der Waals surface area contributed by atoms with Crippen molar-refractivity contribution in [2.45, 2.75) is 0 Å². The Morgan fingerprint density at radius 3 is 2.35 bits per heavy atom. The third-order valence-corrected chi connectivity index (χ3v) is 5.86. The summed E-state index contributed by atoms with van der Waals surface area (Å²) >= 11 is 0. The van der Waals surface area contributed by atoms with Crippen molar-refractivity contribution in [3.63, 3.8) is 0 Å². The first-order valence-electron chi connectivity index (χ1n) is 10.7. The maximum atomic E-state index is 12.8. The summed E-state index contributed by atoms with van der Waals surface area (Å²) < 4.78 is 31.1. The van der Waals surface area contributed by atoms with Gasteiger partial charge in [0.2, 0.25) is 16.0 Å². The van der Waals surface area contributed by atoms with E-state index >= 15 is 0 Å². The molecule has 0 atom stereocenters. The van der Waals surface area contributed by atoms with E-state index in [0.29, 0.717) is 41.8 Å². The molecule has 2 heterocycles. The fourth-order valence-electron chi connectivity index (χ4n) is 3.71. The predicted molar refractivity (Wildman–Crippen MR) is 132 cm³/mol. The lowest BCUT2D eigenvalue weighted by atomic mass is 10.1. The number of hydrogen-bond acceptors (Lipinski definition) is 8. The number of hydrogen-bond donors (Lipinski definition) is 2. The van der Waals surface area contributed by atoms with Crippen molar-refractivity contribution < 1.29 is 17.9 Å². The quantitative estimate of drug-likeness (QED) is 0.528. The molecule has 178 valence electrons. The Bertz CT molecular complexity index is 1250. The zero-order chi connectivity index (χ0) is 24.1. The monoisotopic (exact) mass is 482 g/mol.